The molecule has 5 nitrogen and oxygen atoms in total. The lowest BCUT2D eigenvalue weighted by molar-refractivity contribution is -0.0470. The monoisotopic (exact) mass is 245 g/mol. The number of nitrogens with zero attached hydrogens (tertiary/aromatic N) is 2. The zero-order valence-electron chi connectivity index (χ0n) is 9.95. The van der Waals surface area contributed by atoms with Crippen LogP contribution in [0.3, 0.4) is 0 Å². The molecule has 1 aliphatic heterocycles. The summed E-state index contributed by atoms with van der Waals surface area (Å²) in [7, 11) is 0. The van der Waals surface area contributed by atoms with Crippen LogP contribution in [0.25, 0.3) is 0 Å². The Balaban J connectivity index is 1.73. The highest BCUT2D eigenvalue weighted by Gasteiger charge is 2.20. The highest BCUT2D eigenvalue weighted by atomic mass is 16.7. The maximum atomic E-state index is 5.75. The fraction of sp³-hybridized carbons (Fsp3) is 0.308. The zero-order chi connectivity index (χ0) is 12.4. The first-order chi connectivity index (χ1) is 8.81. The maximum absolute atomic E-state index is 5.75. The molecule has 0 bridgehead atoms. The van der Waals surface area contributed by atoms with Gasteiger partial charge in [-0.3, -0.25) is 0 Å². The van der Waals surface area contributed by atoms with Crippen LogP contribution in [0, 0.1) is 0 Å². The molecule has 94 valence electrons. The lowest BCUT2D eigenvalue weighted by atomic mass is 10.2. The van der Waals surface area contributed by atoms with Gasteiger partial charge in [0.2, 0.25) is 6.29 Å². The minimum absolute atomic E-state index is 0.313. The molecule has 0 aliphatic carbocycles. The van der Waals surface area contributed by atoms with E-state index in [-0.39, 0.29) is 6.29 Å². The van der Waals surface area contributed by atoms with E-state index in [1.165, 1.54) is 0 Å². The predicted molar refractivity (Wildman–Crippen MR) is 66.8 cm³/mol. The molecule has 0 spiro atoms. The Morgan fingerprint density at radius 2 is 2.17 bits per heavy atom. The van der Waals surface area contributed by atoms with Gasteiger partial charge in [0.25, 0.3) is 0 Å². The van der Waals surface area contributed by atoms with E-state index in [1.807, 2.05) is 35.0 Å². The van der Waals surface area contributed by atoms with Gasteiger partial charge in [-0.1, -0.05) is 12.1 Å². The minimum Gasteiger partial charge on any atom is -0.399 e. The van der Waals surface area contributed by atoms with Gasteiger partial charge in [-0.15, -0.1) is 0 Å². The molecule has 1 saturated heterocycles. The van der Waals surface area contributed by atoms with Crippen molar-refractivity contribution in [3.8, 4) is 0 Å². The maximum Gasteiger partial charge on any atom is 0.202 e. The molecule has 0 amide bonds. The van der Waals surface area contributed by atoms with Crippen LogP contribution in [0.1, 0.15) is 17.5 Å². The Hall–Kier alpha value is -1.85. The standard InChI is InChI=1S/C13H15N3O2/c14-11-3-1-2-10(6-11)7-16-8-12(15-9-16)13-17-4-5-18-13/h1-3,6,8-9,13H,4-5,7,14H2. The van der Waals surface area contributed by atoms with E-state index in [2.05, 4.69) is 4.98 Å². The fourth-order valence-electron chi connectivity index (χ4n) is 2.02. The van der Waals surface area contributed by atoms with Crippen LogP contribution in [0.15, 0.2) is 36.8 Å². The van der Waals surface area contributed by atoms with Gasteiger partial charge < -0.3 is 19.8 Å². The molecule has 18 heavy (non-hydrogen) atoms. The molecule has 5 heteroatoms. The Bertz CT molecular complexity index is 533. The topological polar surface area (TPSA) is 62.3 Å². The molecule has 0 atom stereocenters. The number of nitrogens with two attached hydrogens (primary N) is 1. The molecule has 1 aliphatic rings. The number of ether oxygens (including phenoxy) is 2. The summed E-state index contributed by atoms with van der Waals surface area (Å²) in [5.74, 6) is 0. The Morgan fingerprint density at radius 3 is 2.94 bits per heavy atom. The van der Waals surface area contributed by atoms with Gasteiger partial charge >= 0.3 is 0 Å². The summed E-state index contributed by atoms with van der Waals surface area (Å²) < 4.78 is 12.8. The van der Waals surface area contributed by atoms with Gasteiger partial charge in [-0.2, -0.15) is 0 Å². The van der Waals surface area contributed by atoms with Crippen molar-refractivity contribution in [2.24, 2.45) is 0 Å². The molecule has 0 saturated carbocycles. The van der Waals surface area contributed by atoms with Crippen LogP contribution in [-0.4, -0.2) is 22.8 Å². The number of hydrogen-bond acceptors (Lipinski definition) is 4. The van der Waals surface area contributed by atoms with Crippen LogP contribution in [-0.2, 0) is 16.0 Å². The zero-order valence-corrected chi connectivity index (χ0v) is 9.95. The molecule has 1 aromatic carbocycles. The quantitative estimate of drug-likeness (QED) is 0.833. The Morgan fingerprint density at radius 1 is 1.33 bits per heavy atom. The third-order valence-corrected chi connectivity index (χ3v) is 2.83. The summed E-state index contributed by atoms with van der Waals surface area (Å²) in [5, 5.41) is 0. The number of rotatable bonds is 3. The number of imidazole rings is 1. The van der Waals surface area contributed by atoms with Crippen molar-refractivity contribution in [1.82, 2.24) is 9.55 Å². The third-order valence-electron chi connectivity index (χ3n) is 2.83. The average Bonchev–Trinajstić information content (AvgIpc) is 2.98. The molecule has 3 rings (SSSR count). The molecular formula is C13H15N3O2. The van der Waals surface area contributed by atoms with E-state index in [0.717, 1.165) is 23.5 Å². The normalized spacial score (nSPS) is 16.2. The summed E-state index contributed by atoms with van der Waals surface area (Å²) in [6, 6.07) is 7.83. The second-order valence-electron chi connectivity index (χ2n) is 4.29. The predicted octanol–water partition coefficient (Wildman–Crippen LogP) is 1.56. The lowest BCUT2D eigenvalue weighted by Crippen LogP contribution is -1.99. The largest absolute Gasteiger partial charge is 0.399 e. The van der Waals surface area contributed by atoms with Crippen molar-refractivity contribution in [2.75, 3.05) is 18.9 Å². The Labute approximate surface area is 105 Å². The SMILES string of the molecule is Nc1cccc(Cn2cnc(C3OCCO3)c2)c1. The minimum atomic E-state index is -0.313. The van der Waals surface area contributed by atoms with Crippen LogP contribution in [0.2, 0.25) is 0 Å². The van der Waals surface area contributed by atoms with Crippen molar-refractivity contribution >= 4 is 5.69 Å². The first-order valence-electron chi connectivity index (χ1n) is 5.90. The van der Waals surface area contributed by atoms with E-state index in [0.29, 0.717) is 13.2 Å². The number of hydrogen-bond donors (Lipinski definition) is 1. The number of nitrogen functional groups attached to an aromatic ring is 1. The molecular weight excluding hydrogens is 230 g/mol. The smallest absolute Gasteiger partial charge is 0.202 e. The van der Waals surface area contributed by atoms with Gasteiger partial charge in [-0.05, 0) is 17.7 Å². The fourth-order valence-corrected chi connectivity index (χ4v) is 2.02. The van der Waals surface area contributed by atoms with Crippen molar-refractivity contribution < 1.29 is 9.47 Å². The molecule has 2 heterocycles. The molecule has 2 aromatic rings. The van der Waals surface area contributed by atoms with E-state index >= 15 is 0 Å². The van der Waals surface area contributed by atoms with E-state index in [1.54, 1.807) is 6.33 Å². The van der Waals surface area contributed by atoms with E-state index < -0.39 is 0 Å². The van der Waals surface area contributed by atoms with Gasteiger partial charge in [0.15, 0.2) is 0 Å². The summed E-state index contributed by atoms with van der Waals surface area (Å²) >= 11 is 0. The number of anilines is 1. The van der Waals surface area contributed by atoms with Crippen LogP contribution in [0.4, 0.5) is 5.69 Å². The van der Waals surface area contributed by atoms with Gasteiger partial charge in [0.1, 0.15) is 5.69 Å². The highest BCUT2D eigenvalue weighted by molar-refractivity contribution is 5.40. The first-order valence-corrected chi connectivity index (χ1v) is 5.90. The summed E-state index contributed by atoms with van der Waals surface area (Å²) in [6.07, 6.45) is 3.41. The van der Waals surface area contributed by atoms with Gasteiger partial charge in [0, 0.05) is 18.4 Å². The number of benzene rings is 1. The van der Waals surface area contributed by atoms with Crippen molar-refractivity contribution in [3.05, 3.63) is 48.0 Å². The van der Waals surface area contributed by atoms with Crippen LogP contribution < -0.4 is 5.73 Å². The second kappa shape index (κ2) is 4.80. The van der Waals surface area contributed by atoms with E-state index in [4.69, 9.17) is 15.2 Å². The second-order valence-corrected chi connectivity index (χ2v) is 4.29. The van der Waals surface area contributed by atoms with Gasteiger partial charge in [-0.25, -0.2) is 4.98 Å². The molecule has 1 fully saturated rings. The summed E-state index contributed by atoms with van der Waals surface area (Å²) in [6.45, 7) is 2.00. The Kier molecular flexibility index (Phi) is 3.00. The summed E-state index contributed by atoms with van der Waals surface area (Å²) in [5.41, 5.74) is 8.49. The van der Waals surface area contributed by atoms with Crippen molar-refractivity contribution in [1.29, 1.82) is 0 Å². The average molecular weight is 245 g/mol. The molecule has 1 aromatic heterocycles. The van der Waals surface area contributed by atoms with Gasteiger partial charge in [0.05, 0.1) is 19.5 Å². The summed E-state index contributed by atoms with van der Waals surface area (Å²) in [4.78, 5) is 4.30. The van der Waals surface area contributed by atoms with Crippen molar-refractivity contribution in [3.63, 3.8) is 0 Å². The van der Waals surface area contributed by atoms with E-state index in [9.17, 15) is 0 Å². The number of aromatic nitrogens is 2. The van der Waals surface area contributed by atoms with Crippen LogP contribution >= 0.6 is 0 Å². The molecule has 2 N–H and O–H groups in total. The molecule has 0 unspecified atom stereocenters. The highest BCUT2D eigenvalue weighted by Crippen LogP contribution is 2.21. The van der Waals surface area contributed by atoms with Crippen LogP contribution in [0.5, 0.6) is 0 Å². The van der Waals surface area contributed by atoms with Crippen molar-refractivity contribution in [2.45, 2.75) is 12.8 Å². The first kappa shape index (κ1) is 11.3. The third kappa shape index (κ3) is 2.37. The lowest BCUT2D eigenvalue weighted by Gasteiger charge is -2.05. The molecule has 0 radical (unpaired) electrons.